The minimum absolute atomic E-state index is 0.0346. The Bertz CT molecular complexity index is 1420. The fourth-order valence-electron chi connectivity index (χ4n) is 6.97. The van der Waals surface area contributed by atoms with Crippen molar-refractivity contribution in [1.82, 2.24) is 4.90 Å². The van der Waals surface area contributed by atoms with Gasteiger partial charge in [0.2, 0.25) is 6.10 Å². The molecule has 0 radical (unpaired) electrons. The van der Waals surface area contributed by atoms with E-state index in [9.17, 15) is 24.6 Å². The van der Waals surface area contributed by atoms with Crippen LogP contribution in [-0.2, 0) is 40.4 Å². The third-order valence-electron chi connectivity index (χ3n) is 8.80. The molecular weight excluding hydrogens is 518 g/mol. The molecular formula is C30H31NO9. The average molecular weight is 550 g/mol. The number of ether oxygens (including phenoxy) is 4. The number of phenolic OH excluding ortho intramolecular Hbond substituents is 1. The van der Waals surface area contributed by atoms with E-state index in [4.69, 9.17) is 18.9 Å². The minimum Gasteiger partial charge on any atom is -0.504 e. The molecule has 10 nitrogen and oxygen atoms in total. The van der Waals surface area contributed by atoms with Gasteiger partial charge in [0.25, 0.3) is 0 Å². The number of hydrogen-bond donors (Lipinski definition) is 2. The first-order valence-electron chi connectivity index (χ1n) is 13.4. The maximum Gasteiger partial charge on any atom is 0.353 e. The fourth-order valence-corrected chi connectivity index (χ4v) is 6.97. The van der Waals surface area contributed by atoms with E-state index in [2.05, 4.69) is 4.90 Å². The summed E-state index contributed by atoms with van der Waals surface area (Å²) in [6, 6.07) is 11.6. The lowest BCUT2D eigenvalue weighted by Gasteiger charge is -2.61. The van der Waals surface area contributed by atoms with Crippen molar-refractivity contribution in [3.8, 4) is 11.5 Å². The molecule has 2 N–H and O–H groups in total. The topological polar surface area (TPSA) is 132 Å². The zero-order valence-corrected chi connectivity index (χ0v) is 22.5. The van der Waals surface area contributed by atoms with Crippen molar-refractivity contribution in [2.24, 2.45) is 0 Å². The molecule has 2 heterocycles. The first kappa shape index (κ1) is 26.3. The molecule has 6 atom stereocenters. The lowest BCUT2D eigenvalue weighted by molar-refractivity contribution is -0.180. The zero-order chi connectivity index (χ0) is 28.4. The summed E-state index contributed by atoms with van der Waals surface area (Å²) in [5, 5.41) is 22.9. The Balaban J connectivity index is 1.26. The second-order valence-corrected chi connectivity index (χ2v) is 11.0. The van der Waals surface area contributed by atoms with Crippen molar-refractivity contribution in [2.75, 3.05) is 13.6 Å². The number of aliphatic hydroxyl groups is 1. The van der Waals surface area contributed by atoms with E-state index >= 15 is 0 Å². The fraction of sp³-hybridized carbons (Fsp3) is 0.433. The number of esters is 3. The van der Waals surface area contributed by atoms with Crippen LogP contribution in [0.3, 0.4) is 0 Å². The van der Waals surface area contributed by atoms with Gasteiger partial charge in [0.15, 0.2) is 23.7 Å². The number of carbonyl (C=O) groups is 3. The highest BCUT2D eigenvalue weighted by Gasteiger charge is 2.72. The van der Waals surface area contributed by atoms with Gasteiger partial charge in [-0.05, 0) is 51.1 Å². The summed E-state index contributed by atoms with van der Waals surface area (Å²) < 4.78 is 22.6. The molecule has 2 aromatic carbocycles. The quantitative estimate of drug-likeness (QED) is 0.409. The van der Waals surface area contributed by atoms with Gasteiger partial charge in [0.1, 0.15) is 5.76 Å². The summed E-state index contributed by atoms with van der Waals surface area (Å²) in [6.45, 7) is 3.24. The Hall–Kier alpha value is -3.89. The summed E-state index contributed by atoms with van der Waals surface area (Å²) in [6.07, 6.45) is -0.521. The molecule has 40 heavy (non-hydrogen) atoms. The highest BCUT2D eigenvalue weighted by Crippen LogP contribution is 2.65. The van der Waals surface area contributed by atoms with Crippen molar-refractivity contribution < 1.29 is 43.5 Å². The van der Waals surface area contributed by atoms with Crippen molar-refractivity contribution in [3.63, 3.8) is 0 Å². The maximum atomic E-state index is 13.2. The van der Waals surface area contributed by atoms with E-state index in [1.165, 1.54) is 13.8 Å². The molecule has 4 aliphatic rings. The van der Waals surface area contributed by atoms with Crippen molar-refractivity contribution >= 4 is 17.9 Å². The Labute approximate surface area is 231 Å². The standard InChI is InChI=1S/C30H31NO9/c1-16(37-28(35)24(38-17(2)32)18-7-5-4-6-8-18)27(34)39-21-11-12-30(36)22-15-19-9-10-20(33)25-23(19)29(30,26(21)40-25)13-14-31(22)3/h4-11,16,22,24,26,33,36H,12-15H2,1-3H3/t16-,22-,24-,26+,29+,30-/m0/s1. The highest BCUT2D eigenvalue weighted by atomic mass is 16.6. The number of benzene rings is 2. The van der Waals surface area contributed by atoms with E-state index in [0.29, 0.717) is 30.7 Å². The van der Waals surface area contributed by atoms with Crippen LogP contribution in [0.1, 0.15) is 49.5 Å². The third-order valence-corrected chi connectivity index (χ3v) is 8.80. The van der Waals surface area contributed by atoms with E-state index in [-0.39, 0.29) is 24.0 Å². The van der Waals surface area contributed by atoms with E-state index in [0.717, 1.165) is 11.1 Å². The molecule has 2 aromatic rings. The molecule has 6 rings (SSSR count). The van der Waals surface area contributed by atoms with E-state index in [1.807, 2.05) is 13.1 Å². The van der Waals surface area contributed by atoms with Gasteiger partial charge in [-0.15, -0.1) is 0 Å². The van der Waals surface area contributed by atoms with Gasteiger partial charge in [-0.25, -0.2) is 9.59 Å². The largest absolute Gasteiger partial charge is 0.504 e. The second-order valence-electron chi connectivity index (χ2n) is 11.0. The molecule has 0 amide bonds. The second kappa shape index (κ2) is 9.35. The number of phenols is 1. The van der Waals surface area contributed by atoms with Crippen molar-refractivity contribution in [3.05, 3.63) is 71.0 Å². The third kappa shape index (κ3) is 3.73. The van der Waals surface area contributed by atoms with Crippen LogP contribution in [-0.4, -0.2) is 70.5 Å². The Kier molecular flexibility index (Phi) is 6.15. The summed E-state index contributed by atoms with van der Waals surface area (Å²) >= 11 is 0. The Morgan fingerprint density at radius 1 is 1.10 bits per heavy atom. The molecule has 0 aromatic heterocycles. The number of carbonyl (C=O) groups excluding carboxylic acids is 3. The molecule has 210 valence electrons. The Morgan fingerprint density at radius 3 is 2.58 bits per heavy atom. The monoisotopic (exact) mass is 549 g/mol. The Morgan fingerprint density at radius 2 is 1.85 bits per heavy atom. The smallest absolute Gasteiger partial charge is 0.353 e. The normalized spacial score (nSPS) is 29.2. The predicted molar refractivity (Wildman–Crippen MR) is 139 cm³/mol. The van der Waals surface area contributed by atoms with E-state index < -0.39 is 47.2 Å². The average Bonchev–Trinajstić information content (AvgIpc) is 3.29. The molecule has 1 spiro atoms. The van der Waals surface area contributed by atoms with Gasteiger partial charge in [-0.2, -0.15) is 0 Å². The van der Waals surface area contributed by atoms with Crippen LogP contribution in [0.25, 0.3) is 0 Å². The van der Waals surface area contributed by atoms with Gasteiger partial charge < -0.3 is 34.1 Å². The van der Waals surface area contributed by atoms with Crippen LogP contribution in [0.4, 0.5) is 0 Å². The molecule has 1 fully saturated rings. The molecule has 0 saturated carbocycles. The number of hydrogen-bond acceptors (Lipinski definition) is 10. The van der Waals surface area contributed by atoms with Gasteiger partial charge in [0, 0.05) is 30.5 Å². The van der Waals surface area contributed by atoms with Crippen LogP contribution >= 0.6 is 0 Å². The number of nitrogens with zero attached hydrogens (tertiary/aromatic N) is 1. The number of rotatable bonds is 6. The van der Waals surface area contributed by atoms with Gasteiger partial charge in [0.05, 0.1) is 11.0 Å². The highest BCUT2D eigenvalue weighted by molar-refractivity contribution is 5.84. The summed E-state index contributed by atoms with van der Waals surface area (Å²) in [4.78, 5) is 39.9. The summed E-state index contributed by atoms with van der Waals surface area (Å²) in [7, 11) is 1.99. The van der Waals surface area contributed by atoms with Gasteiger partial charge >= 0.3 is 17.9 Å². The van der Waals surface area contributed by atoms with Crippen LogP contribution in [0.5, 0.6) is 11.5 Å². The van der Waals surface area contributed by atoms with Crippen molar-refractivity contribution in [1.29, 1.82) is 0 Å². The minimum atomic E-state index is -1.34. The number of likely N-dealkylation sites (tertiary alicyclic amines) is 1. The first-order chi connectivity index (χ1) is 19.1. The lowest BCUT2D eigenvalue weighted by Crippen LogP contribution is -2.74. The number of aromatic hydroxyl groups is 1. The van der Waals surface area contributed by atoms with Crippen LogP contribution in [0, 0.1) is 0 Å². The lowest BCUT2D eigenvalue weighted by atomic mass is 9.50. The first-order valence-corrected chi connectivity index (χ1v) is 13.4. The summed E-state index contributed by atoms with van der Waals surface area (Å²) in [5.74, 6) is -1.97. The summed E-state index contributed by atoms with van der Waals surface area (Å²) in [5.41, 5.74) is 0.0569. The number of piperidine rings is 1. The molecule has 2 bridgehead atoms. The van der Waals surface area contributed by atoms with Crippen LogP contribution in [0.15, 0.2) is 54.3 Å². The molecule has 10 heteroatoms. The maximum absolute atomic E-state index is 13.2. The number of likely N-dealkylation sites (N-methyl/N-ethyl adjacent to an activating group) is 1. The molecule has 2 aliphatic carbocycles. The zero-order valence-electron chi connectivity index (χ0n) is 22.5. The van der Waals surface area contributed by atoms with Crippen LogP contribution in [0.2, 0.25) is 0 Å². The van der Waals surface area contributed by atoms with Gasteiger partial charge in [-0.3, -0.25) is 4.79 Å². The van der Waals surface area contributed by atoms with Crippen molar-refractivity contribution in [2.45, 2.75) is 68.5 Å². The van der Waals surface area contributed by atoms with Crippen LogP contribution < -0.4 is 4.74 Å². The molecule has 0 unspecified atom stereocenters. The molecule has 2 aliphatic heterocycles. The van der Waals surface area contributed by atoms with Gasteiger partial charge in [-0.1, -0.05) is 36.4 Å². The predicted octanol–water partition coefficient (Wildman–Crippen LogP) is 2.45. The van der Waals surface area contributed by atoms with E-state index in [1.54, 1.807) is 42.5 Å². The molecule has 1 saturated heterocycles. The SMILES string of the molecule is CC(=O)O[C@H](C(=O)O[C@@H](C)C(=O)OC1=CC[C@]2(O)[C@@H]3Cc4ccc(O)c5c4[C@]2(CCN3C)[C@@H]1O5)c1ccccc1.